The molecule has 0 N–H and O–H groups in total. The van der Waals surface area contributed by atoms with Crippen LogP contribution in [0.4, 0.5) is 21.0 Å². The van der Waals surface area contributed by atoms with Crippen molar-refractivity contribution in [3.63, 3.8) is 0 Å². The molecule has 2 heterocycles. The lowest BCUT2D eigenvalue weighted by molar-refractivity contribution is 0.0271. The first-order valence-corrected chi connectivity index (χ1v) is 16.4. The third-order valence-corrected chi connectivity index (χ3v) is 9.58. The maximum Gasteiger partial charge on any atom is 0.410 e. The summed E-state index contributed by atoms with van der Waals surface area (Å²) < 4.78 is 11.6. The van der Waals surface area contributed by atoms with E-state index in [-0.39, 0.29) is 11.3 Å². The van der Waals surface area contributed by atoms with E-state index < -0.39 is 23.9 Å². The molecule has 5 rings (SSSR count). The highest BCUT2D eigenvalue weighted by Gasteiger charge is 2.41. The zero-order chi connectivity index (χ0) is 31.8. The fraction of sp³-hybridized carbons (Fsp3) is 0.611. The Bertz CT molecular complexity index is 1280. The molecule has 2 aromatic carbocycles. The SMILES string of the molecule is CC(OC(=O)N(C)CCN(C)C(=O)OC(C)(C)C)C1c2ccc(N3CCCC3)cc2C(C)(C)c2cc(N3CCCC3)ccc21. The number of carbonyl (C=O) groups is 2. The van der Waals surface area contributed by atoms with E-state index in [0.717, 1.165) is 26.2 Å². The summed E-state index contributed by atoms with van der Waals surface area (Å²) in [6.45, 7) is 17.3. The molecule has 0 aromatic heterocycles. The van der Waals surface area contributed by atoms with Gasteiger partial charge < -0.3 is 29.1 Å². The van der Waals surface area contributed by atoms with Gasteiger partial charge in [-0.2, -0.15) is 0 Å². The molecule has 0 radical (unpaired) electrons. The molecule has 1 aliphatic carbocycles. The summed E-state index contributed by atoms with van der Waals surface area (Å²) in [7, 11) is 3.40. The van der Waals surface area contributed by atoms with Crippen LogP contribution in [-0.2, 0) is 14.9 Å². The van der Waals surface area contributed by atoms with E-state index >= 15 is 0 Å². The predicted octanol–water partition coefficient (Wildman–Crippen LogP) is 6.98. The van der Waals surface area contributed by atoms with Crippen LogP contribution < -0.4 is 9.80 Å². The van der Waals surface area contributed by atoms with E-state index in [9.17, 15) is 9.59 Å². The van der Waals surface area contributed by atoms with Crippen LogP contribution in [0.5, 0.6) is 0 Å². The zero-order valence-corrected chi connectivity index (χ0v) is 28.1. The van der Waals surface area contributed by atoms with Crippen molar-refractivity contribution in [2.75, 3.05) is 63.2 Å². The van der Waals surface area contributed by atoms with Crippen molar-refractivity contribution in [3.8, 4) is 0 Å². The second-order valence-corrected chi connectivity index (χ2v) is 14.4. The number of likely N-dealkylation sites (N-methyl/N-ethyl adjacent to an activating group) is 2. The van der Waals surface area contributed by atoms with E-state index in [4.69, 9.17) is 9.47 Å². The maximum atomic E-state index is 13.4. The van der Waals surface area contributed by atoms with Crippen molar-refractivity contribution in [1.29, 1.82) is 0 Å². The Morgan fingerprint density at radius 3 is 1.68 bits per heavy atom. The first kappa shape index (κ1) is 32.0. The number of amides is 2. The van der Waals surface area contributed by atoms with Gasteiger partial charge in [-0.05, 0) is 99.9 Å². The number of fused-ring (bicyclic) bond motifs is 2. The van der Waals surface area contributed by atoms with Gasteiger partial charge in [-0.25, -0.2) is 9.59 Å². The number of nitrogens with zero attached hydrogens (tertiary/aromatic N) is 4. The second kappa shape index (κ2) is 12.5. The summed E-state index contributed by atoms with van der Waals surface area (Å²) in [5.74, 6) is -0.0879. The third-order valence-electron chi connectivity index (χ3n) is 9.58. The molecular formula is C36H52N4O4. The Balaban J connectivity index is 1.40. The quantitative estimate of drug-likeness (QED) is 0.340. The number of ether oxygens (including phenoxy) is 2. The van der Waals surface area contributed by atoms with Gasteiger partial charge in [0.15, 0.2) is 0 Å². The van der Waals surface area contributed by atoms with Gasteiger partial charge in [0.05, 0.1) is 0 Å². The predicted molar refractivity (Wildman–Crippen MR) is 177 cm³/mol. The average molecular weight is 605 g/mol. The van der Waals surface area contributed by atoms with Crippen LogP contribution in [0.1, 0.15) is 95.4 Å². The summed E-state index contributed by atoms with van der Waals surface area (Å²) in [5.41, 5.74) is 6.88. The first-order chi connectivity index (χ1) is 20.8. The van der Waals surface area contributed by atoms with Gasteiger partial charge in [0.1, 0.15) is 11.7 Å². The molecule has 2 saturated heterocycles. The Kier molecular flexibility index (Phi) is 9.11. The Hall–Kier alpha value is -3.42. The van der Waals surface area contributed by atoms with Gasteiger partial charge in [-0.3, -0.25) is 0 Å². The largest absolute Gasteiger partial charge is 0.445 e. The molecule has 2 aliphatic heterocycles. The van der Waals surface area contributed by atoms with Crippen LogP contribution in [0.2, 0.25) is 0 Å². The van der Waals surface area contributed by atoms with Crippen LogP contribution in [0.25, 0.3) is 0 Å². The molecule has 0 bridgehead atoms. The van der Waals surface area contributed by atoms with Crippen molar-refractivity contribution < 1.29 is 19.1 Å². The van der Waals surface area contributed by atoms with E-state index in [0.29, 0.717) is 13.1 Å². The molecule has 44 heavy (non-hydrogen) atoms. The molecule has 240 valence electrons. The smallest absolute Gasteiger partial charge is 0.410 e. The van der Waals surface area contributed by atoms with Crippen molar-refractivity contribution in [2.45, 2.75) is 90.3 Å². The van der Waals surface area contributed by atoms with Gasteiger partial charge in [0.25, 0.3) is 0 Å². The molecule has 8 heteroatoms. The van der Waals surface area contributed by atoms with Crippen LogP contribution in [0, 0.1) is 0 Å². The Labute approximate surface area is 264 Å². The molecule has 2 aromatic rings. The van der Waals surface area contributed by atoms with E-state index in [1.807, 2.05) is 27.7 Å². The molecule has 2 amide bonds. The molecule has 3 aliphatic rings. The fourth-order valence-corrected chi connectivity index (χ4v) is 7.02. The minimum atomic E-state index is -0.572. The topological polar surface area (TPSA) is 65.6 Å². The number of benzene rings is 2. The fourth-order valence-electron chi connectivity index (χ4n) is 7.02. The van der Waals surface area contributed by atoms with Crippen molar-refractivity contribution in [1.82, 2.24) is 9.80 Å². The lowest BCUT2D eigenvalue weighted by atomic mass is 9.64. The molecular weight excluding hydrogens is 552 g/mol. The molecule has 1 atom stereocenters. The number of hydrogen-bond donors (Lipinski definition) is 0. The molecule has 0 spiro atoms. The van der Waals surface area contributed by atoms with E-state index in [2.05, 4.69) is 60.0 Å². The summed E-state index contributed by atoms with van der Waals surface area (Å²) in [6.07, 6.45) is 3.74. The summed E-state index contributed by atoms with van der Waals surface area (Å²) in [4.78, 5) is 33.8. The normalized spacial score (nSPS) is 18.5. The van der Waals surface area contributed by atoms with Crippen LogP contribution in [-0.4, -0.2) is 87.1 Å². The molecule has 1 unspecified atom stereocenters. The zero-order valence-electron chi connectivity index (χ0n) is 28.1. The molecule has 2 fully saturated rings. The highest BCUT2D eigenvalue weighted by Crippen LogP contribution is 2.50. The monoisotopic (exact) mass is 604 g/mol. The van der Waals surface area contributed by atoms with Gasteiger partial charge in [0, 0.05) is 76.1 Å². The van der Waals surface area contributed by atoms with Crippen molar-refractivity contribution in [2.24, 2.45) is 0 Å². The third kappa shape index (κ3) is 6.64. The lowest BCUT2D eigenvalue weighted by Crippen LogP contribution is -2.41. The molecule has 8 nitrogen and oxygen atoms in total. The first-order valence-electron chi connectivity index (χ1n) is 16.4. The van der Waals surface area contributed by atoms with Crippen molar-refractivity contribution in [3.05, 3.63) is 58.7 Å². The minimum Gasteiger partial charge on any atom is -0.445 e. The second-order valence-electron chi connectivity index (χ2n) is 14.4. The highest BCUT2D eigenvalue weighted by molar-refractivity contribution is 5.70. The maximum absolute atomic E-state index is 13.4. The Morgan fingerprint density at radius 2 is 1.25 bits per heavy atom. The van der Waals surface area contributed by atoms with E-state index in [1.54, 1.807) is 19.0 Å². The lowest BCUT2D eigenvalue weighted by Gasteiger charge is -2.42. The van der Waals surface area contributed by atoms with Crippen molar-refractivity contribution >= 4 is 23.6 Å². The summed E-state index contributed by atoms with van der Waals surface area (Å²) in [6, 6.07) is 13.8. The van der Waals surface area contributed by atoms with Gasteiger partial charge in [-0.15, -0.1) is 0 Å². The Morgan fingerprint density at radius 1 is 0.818 bits per heavy atom. The van der Waals surface area contributed by atoms with Gasteiger partial charge in [-0.1, -0.05) is 26.0 Å². The average Bonchev–Trinajstić information content (AvgIpc) is 3.70. The number of anilines is 2. The van der Waals surface area contributed by atoms with Crippen LogP contribution in [0.15, 0.2) is 36.4 Å². The summed E-state index contributed by atoms with van der Waals surface area (Å²) in [5, 5.41) is 0. The van der Waals surface area contributed by atoms with Crippen LogP contribution >= 0.6 is 0 Å². The number of rotatable bonds is 7. The minimum absolute atomic E-state index is 0.0879. The standard InChI is InChI=1S/C36H52N4O4/c1-25(43-33(41)37(7)21-22-38(8)34(42)44-35(2,3)4)32-28-15-13-26(39-17-9-10-18-39)23-30(28)36(5,6)31-24-27(14-16-29(31)32)40-19-11-12-20-40/h13-16,23-25,32H,9-12,17-22H2,1-8H3. The van der Waals surface area contributed by atoms with E-state index in [1.165, 1.54) is 64.2 Å². The van der Waals surface area contributed by atoms with Gasteiger partial charge in [0.2, 0.25) is 0 Å². The highest BCUT2D eigenvalue weighted by atomic mass is 16.6. The summed E-state index contributed by atoms with van der Waals surface area (Å²) >= 11 is 0. The number of hydrogen-bond acceptors (Lipinski definition) is 6. The number of carbonyl (C=O) groups excluding carboxylic acids is 2. The van der Waals surface area contributed by atoms with Crippen LogP contribution in [0.3, 0.4) is 0 Å². The van der Waals surface area contributed by atoms with Gasteiger partial charge >= 0.3 is 12.2 Å². The molecule has 0 saturated carbocycles.